The van der Waals surface area contributed by atoms with Gasteiger partial charge >= 0.3 is 0 Å². The lowest BCUT2D eigenvalue weighted by molar-refractivity contribution is 1.33. The first-order valence-corrected chi connectivity index (χ1v) is 6.15. The van der Waals surface area contributed by atoms with Crippen LogP contribution in [0, 0.1) is 20.8 Å². The van der Waals surface area contributed by atoms with Crippen molar-refractivity contribution in [2.24, 2.45) is 4.99 Å². The predicted octanol–water partition coefficient (Wildman–Crippen LogP) is 4.42. The minimum atomic E-state index is 1.09. The zero-order valence-corrected chi connectivity index (χ0v) is 10.6. The van der Waals surface area contributed by atoms with E-state index in [1.165, 1.54) is 20.9 Å². The van der Waals surface area contributed by atoms with Gasteiger partial charge in [-0.1, -0.05) is 18.2 Å². The Bertz CT molecular complexity index is 503. The Morgan fingerprint density at radius 2 is 1.69 bits per heavy atom. The second-order valence-electron chi connectivity index (χ2n) is 3.95. The number of benzene rings is 1. The summed E-state index contributed by atoms with van der Waals surface area (Å²) >= 11 is 1.77. The summed E-state index contributed by atoms with van der Waals surface area (Å²) in [5.41, 5.74) is 3.54. The molecule has 0 saturated heterocycles. The van der Waals surface area contributed by atoms with Crippen molar-refractivity contribution in [1.29, 1.82) is 0 Å². The van der Waals surface area contributed by atoms with Crippen molar-refractivity contribution >= 4 is 23.2 Å². The summed E-state index contributed by atoms with van der Waals surface area (Å²) in [4.78, 5) is 7.10. The number of hydrogen-bond donors (Lipinski definition) is 0. The summed E-state index contributed by atoms with van der Waals surface area (Å²) in [5.74, 6) is 0. The Labute approximate surface area is 100 Å². The molecule has 0 aliphatic carbocycles. The highest BCUT2D eigenvalue weighted by Crippen LogP contribution is 2.23. The van der Waals surface area contributed by atoms with Crippen molar-refractivity contribution in [3.05, 3.63) is 51.2 Å². The van der Waals surface area contributed by atoms with Gasteiger partial charge in [-0.25, -0.2) is 0 Å². The van der Waals surface area contributed by atoms with Crippen LogP contribution in [0.5, 0.6) is 0 Å². The zero-order chi connectivity index (χ0) is 11.5. The molecule has 2 heteroatoms. The molecule has 0 spiro atoms. The van der Waals surface area contributed by atoms with Gasteiger partial charge in [0, 0.05) is 16.0 Å². The van der Waals surface area contributed by atoms with Crippen molar-refractivity contribution in [3.63, 3.8) is 0 Å². The fourth-order valence-corrected chi connectivity index (χ4v) is 2.41. The number of aliphatic imine (C=N–C) groups is 1. The van der Waals surface area contributed by atoms with Crippen LogP contribution in [0.15, 0.2) is 35.3 Å². The predicted molar refractivity (Wildman–Crippen MR) is 72.2 cm³/mol. The first-order chi connectivity index (χ1) is 7.66. The number of nitrogens with zero attached hydrogens (tertiary/aromatic N) is 1. The summed E-state index contributed by atoms with van der Waals surface area (Å²) < 4.78 is 0. The maximum Gasteiger partial charge on any atom is 0.0688 e. The summed E-state index contributed by atoms with van der Waals surface area (Å²) in [5, 5.41) is 0. The third-order valence-corrected chi connectivity index (χ3v) is 3.46. The SMILES string of the molecule is Cc1ccc(C=Nc2c(C)cccc2C)s1. The lowest BCUT2D eigenvalue weighted by atomic mass is 10.1. The molecule has 0 unspecified atom stereocenters. The summed E-state index contributed by atoms with van der Waals surface area (Å²) in [6.07, 6.45) is 1.95. The van der Waals surface area contributed by atoms with Crippen molar-refractivity contribution in [2.45, 2.75) is 20.8 Å². The average molecular weight is 229 g/mol. The molecule has 0 bridgehead atoms. The van der Waals surface area contributed by atoms with Crippen LogP contribution < -0.4 is 0 Å². The monoisotopic (exact) mass is 229 g/mol. The molecule has 1 nitrogen and oxygen atoms in total. The van der Waals surface area contributed by atoms with Crippen LogP contribution in [-0.4, -0.2) is 6.21 Å². The lowest BCUT2D eigenvalue weighted by Gasteiger charge is -2.02. The van der Waals surface area contributed by atoms with E-state index in [-0.39, 0.29) is 0 Å². The molecule has 2 rings (SSSR count). The summed E-state index contributed by atoms with van der Waals surface area (Å²) in [7, 11) is 0. The highest BCUT2D eigenvalue weighted by atomic mass is 32.1. The van der Waals surface area contributed by atoms with Crippen LogP contribution in [0.3, 0.4) is 0 Å². The van der Waals surface area contributed by atoms with Gasteiger partial charge in [0.25, 0.3) is 0 Å². The number of aryl methyl sites for hydroxylation is 3. The molecule has 1 aromatic carbocycles. The molecule has 2 aromatic rings. The molecule has 82 valence electrons. The van der Waals surface area contributed by atoms with E-state index in [4.69, 9.17) is 0 Å². The number of rotatable bonds is 2. The molecule has 0 radical (unpaired) electrons. The van der Waals surface area contributed by atoms with Crippen LogP contribution in [0.2, 0.25) is 0 Å². The standard InChI is InChI=1S/C14H15NS/c1-10-5-4-6-11(2)14(10)15-9-13-8-7-12(3)16-13/h4-9H,1-3H3. The first-order valence-electron chi connectivity index (χ1n) is 5.33. The molecule has 0 fully saturated rings. The van der Waals surface area contributed by atoms with Crippen molar-refractivity contribution in [1.82, 2.24) is 0 Å². The molecular formula is C14H15NS. The summed E-state index contributed by atoms with van der Waals surface area (Å²) in [6.45, 7) is 6.31. The van der Waals surface area contributed by atoms with Gasteiger partial charge < -0.3 is 0 Å². The van der Waals surface area contributed by atoms with Gasteiger partial charge in [-0.15, -0.1) is 11.3 Å². The van der Waals surface area contributed by atoms with E-state index in [9.17, 15) is 0 Å². The van der Waals surface area contributed by atoms with Crippen LogP contribution in [0.1, 0.15) is 20.9 Å². The minimum absolute atomic E-state index is 1.09. The molecule has 0 amide bonds. The van der Waals surface area contributed by atoms with Gasteiger partial charge in [0.2, 0.25) is 0 Å². The molecule has 16 heavy (non-hydrogen) atoms. The molecule has 0 saturated carbocycles. The van der Waals surface area contributed by atoms with Gasteiger partial charge in [-0.2, -0.15) is 0 Å². The van der Waals surface area contributed by atoms with E-state index in [0.717, 1.165) is 5.69 Å². The van der Waals surface area contributed by atoms with Gasteiger partial charge in [-0.3, -0.25) is 4.99 Å². The number of para-hydroxylation sites is 1. The number of hydrogen-bond acceptors (Lipinski definition) is 2. The van der Waals surface area contributed by atoms with E-state index in [2.05, 4.69) is 56.1 Å². The molecular weight excluding hydrogens is 214 g/mol. The molecule has 0 aliphatic heterocycles. The van der Waals surface area contributed by atoms with Gasteiger partial charge in [0.05, 0.1) is 5.69 Å². The topological polar surface area (TPSA) is 12.4 Å². The average Bonchev–Trinajstić information content (AvgIpc) is 2.63. The van der Waals surface area contributed by atoms with E-state index < -0.39 is 0 Å². The van der Waals surface area contributed by atoms with Crippen LogP contribution in [0.25, 0.3) is 0 Å². The van der Waals surface area contributed by atoms with E-state index in [1.54, 1.807) is 11.3 Å². The quantitative estimate of drug-likeness (QED) is 0.676. The Morgan fingerprint density at radius 3 is 2.25 bits per heavy atom. The maximum absolute atomic E-state index is 4.57. The zero-order valence-electron chi connectivity index (χ0n) is 9.82. The lowest BCUT2D eigenvalue weighted by Crippen LogP contribution is -1.80. The van der Waals surface area contributed by atoms with E-state index in [1.807, 2.05) is 6.21 Å². The fourth-order valence-electron chi connectivity index (χ4n) is 1.66. The Hall–Kier alpha value is -1.41. The van der Waals surface area contributed by atoms with Crippen molar-refractivity contribution in [3.8, 4) is 0 Å². The minimum Gasteiger partial charge on any atom is -0.255 e. The second-order valence-corrected chi connectivity index (χ2v) is 5.27. The Kier molecular flexibility index (Phi) is 3.20. The van der Waals surface area contributed by atoms with E-state index in [0.29, 0.717) is 0 Å². The maximum atomic E-state index is 4.57. The van der Waals surface area contributed by atoms with Gasteiger partial charge in [0.15, 0.2) is 0 Å². The normalized spacial score (nSPS) is 11.2. The molecule has 0 aliphatic rings. The van der Waals surface area contributed by atoms with Gasteiger partial charge in [0.1, 0.15) is 0 Å². The smallest absolute Gasteiger partial charge is 0.0688 e. The first kappa shape index (κ1) is 11.1. The second kappa shape index (κ2) is 4.62. The number of thiophene rings is 1. The van der Waals surface area contributed by atoms with Crippen molar-refractivity contribution < 1.29 is 0 Å². The molecule has 0 N–H and O–H groups in total. The van der Waals surface area contributed by atoms with Crippen LogP contribution in [0.4, 0.5) is 5.69 Å². The Balaban J connectivity index is 2.30. The third-order valence-electron chi connectivity index (χ3n) is 2.52. The fraction of sp³-hybridized carbons (Fsp3) is 0.214. The van der Waals surface area contributed by atoms with Crippen LogP contribution in [-0.2, 0) is 0 Å². The highest BCUT2D eigenvalue weighted by molar-refractivity contribution is 7.13. The Morgan fingerprint density at radius 1 is 1.00 bits per heavy atom. The largest absolute Gasteiger partial charge is 0.255 e. The van der Waals surface area contributed by atoms with Crippen LogP contribution >= 0.6 is 11.3 Å². The summed E-state index contributed by atoms with van der Waals surface area (Å²) in [6, 6.07) is 10.5. The van der Waals surface area contributed by atoms with Crippen molar-refractivity contribution in [2.75, 3.05) is 0 Å². The van der Waals surface area contributed by atoms with E-state index >= 15 is 0 Å². The highest BCUT2D eigenvalue weighted by Gasteiger charge is 1.99. The molecule has 0 atom stereocenters. The van der Waals surface area contributed by atoms with Gasteiger partial charge in [-0.05, 0) is 44.0 Å². The molecule has 1 aromatic heterocycles. The third kappa shape index (κ3) is 2.39. The molecule has 1 heterocycles.